The molecule has 1 heterocycles. The third-order valence-corrected chi connectivity index (χ3v) is 4.70. The second kappa shape index (κ2) is 5.11. The summed E-state index contributed by atoms with van der Waals surface area (Å²) < 4.78 is 1.93. The number of ketones is 1. The van der Waals surface area contributed by atoms with Crippen LogP contribution in [-0.2, 0) is 0 Å². The lowest BCUT2D eigenvalue weighted by molar-refractivity contribution is 0.103. The van der Waals surface area contributed by atoms with E-state index < -0.39 is 0 Å². The molecule has 0 atom stereocenters. The highest BCUT2D eigenvalue weighted by Crippen LogP contribution is 2.33. The highest BCUT2D eigenvalue weighted by Gasteiger charge is 2.16. The number of thiophene rings is 1. The van der Waals surface area contributed by atoms with Crippen LogP contribution in [0, 0.1) is 6.92 Å². The first-order valence-electron chi connectivity index (χ1n) is 4.74. The summed E-state index contributed by atoms with van der Waals surface area (Å²) in [5.41, 5.74) is 2.08. The maximum atomic E-state index is 12.2. The van der Waals surface area contributed by atoms with Crippen molar-refractivity contribution in [3.63, 3.8) is 0 Å². The molecular weight excluding hydrogens is 343 g/mol. The number of hydrogen-bond acceptors (Lipinski definition) is 2. The van der Waals surface area contributed by atoms with Gasteiger partial charge < -0.3 is 0 Å². The predicted octanol–water partition coefficient (Wildman–Crippen LogP) is 5.36. The van der Waals surface area contributed by atoms with E-state index in [1.165, 1.54) is 11.3 Å². The molecule has 0 aliphatic carbocycles. The van der Waals surface area contributed by atoms with E-state index in [1.807, 2.05) is 19.1 Å². The average molecular weight is 350 g/mol. The fourth-order valence-electron chi connectivity index (χ4n) is 1.44. The smallest absolute Gasteiger partial charge is 0.195 e. The minimum Gasteiger partial charge on any atom is -0.289 e. The Balaban J connectivity index is 2.44. The lowest BCUT2D eigenvalue weighted by atomic mass is 10.0. The molecule has 1 aromatic heterocycles. The van der Waals surface area contributed by atoms with Crippen molar-refractivity contribution in [3.8, 4) is 0 Å². The van der Waals surface area contributed by atoms with Crippen LogP contribution in [0.2, 0.25) is 8.67 Å². The molecule has 0 N–H and O–H groups in total. The molecule has 0 bridgehead atoms. The summed E-state index contributed by atoms with van der Waals surface area (Å²) in [4.78, 5) is 12.2. The van der Waals surface area contributed by atoms with Gasteiger partial charge in [-0.1, -0.05) is 39.1 Å². The van der Waals surface area contributed by atoms with Crippen LogP contribution in [0.4, 0.5) is 0 Å². The van der Waals surface area contributed by atoms with E-state index in [9.17, 15) is 4.79 Å². The number of carbonyl (C=O) groups excluding carboxylic acids is 1. The molecule has 88 valence electrons. The van der Waals surface area contributed by atoms with Crippen molar-refractivity contribution in [2.24, 2.45) is 0 Å². The largest absolute Gasteiger partial charge is 0.289 e. The van der Waals surface area contributed by atoms with E-state index in [-0.39, 0.29) is 5.78 Å². The van der Waals surface area contributed by atoms with Gasteiger partial charge in [0.2, 0.25) is 0 Å². The average Bonchev–Trinajstić information content (AvgIpc) is 2.61. The van der Waals surface area contributed by atoms with Crippen molar-refractivity contribution in [3.05, 3.63) is 54.1 Å². The van der Waals surface area contributed by atoms with Crippen molar-refractivity contribution in [1.82, 2.24) is 0 Å². The van der Waals surface area contributed by atoms with Gasteiger partial charge in [-0.15, -0.1) is 11.3 Å². The van der Waals surface area contributed by atoms with Crippen molar-refractivity contribution < 1.29 is 4.79 Å². The first-order valence-corrected chi connectivity index (χ1v) is 7.11. The number of carbonyl (C=O) groups is 1. The Bertz CT molecular complexity index is 592. The fourth-order valence-corrected chi connectivity index (χ4v) is 3.14. The van der Waals surface area contributed by atoms with Crippen LogP contribution in [-0.4, -0.2) is 5.78 Å². The van der Waals surface area contributed by atoms with Gasteiger partial charge in [0.05, 0.1) is 9.90 Å². The molecule has 0 unspecified atom stereocenters. The van der Waals surface area contributed by atoms with E-state index in [2.05, 4.69) is 15.9 Å². The summed E-state index contributed by atoms with van der Waals surface area (Å²) in [6.07, 6.45) is 0. The molecule has 0 aliphatic heterocycles. The Hall–Kier alpha value is -0.350. The quantitative estimate of drug-likeness (QED) is 0.667. The van der Waals surface area contributed by atoms with E-state index in [0.717, 1.165) is 10.0 Å². The lowest BCUT2D eigenvalue weighted by Crippen LogP contribution is -2.00. The standard InChI is InChI=1S/C12H7BrCl2OS/c1-6-4-7(2-3-9(6)13)11(16)8-5-10(14)17-12(8)15/h2-5H,1H3. The first-order chi connectivity index (χ1) is 7.99. The molecule has 2 aromatic rings. The molecule has 0 amide bonds. The zero-order chi connectivity index (χ0) is 12.6. The van der Waals surface area contributed by atoms with E-state index in [0.29, 0.717) is 19.8 Å². The van der Waals surface area contributed by atoms with Crippen LogP contribution >= 0.6 is 50.5 Å². The summed E-state index contributed by atoms with van der Waals surface area (Å²) in [6.45, 7) is 1.93. The summed E-state index contributed by atoms with van der Waals surface area (Å²) in [5, 5.41) is 0. The molecular formula is C12H7BrCl2OS. The summed E-state index contributed by atoms with van der Waals surface area (Å²) in [7, 11) is 0. The highest BCUT2D eigenvalue weighted by molar-refractivity contribution is 9.10. The van der Waals surface area contributed by atoms with Crippen LogP contribution in [0.1, 0.15) is 21.5 Å². The Morgan fingerprint density at radius 1 is 1.29 bits per heavy atom. The maximum absolute atomic E-state index is 12.2. The zero-order valence-electron chi connectivity index (χ0n) is 8.76. The Kier molecular flexibility index (Phi) is 3.93. The van der Waals surface area contributed by atoms with Crippen molar-refractivity contribution >= 4 is 56.3 Å². The molecule has 17 heavy (non-hydrogen) atoms. The van der Waals surface area contributed by atoms with Crippen molar-refractivity contribution in [1.29, 1.82) is 0 Å². The van der Waals surface area contributed by atoms with Crippen LogP contribution in [0.5, 0.6) is 0 Å². The monoisotopic (exact) mass is 348 g/mol. The molecule has 0 spiro atoms. The molecule has 5 heteroatoms. The summed E-state index contributed by atoms with van der Waals surface area (Å²) in [6, 6.07) is 7.05. The molecule has 0 radical (unpaired) electrons. The summed E-state index contributed by atoms with van der Waals surface area (Å²) in [5.74, 6) is -0.103. The van der Waals surface area contributed by atoms with E-state index in [1.54, 1.807) is 12.1 Å². The minimum atomic E-state index is -0.103. The highest BCUT2D eigenvalue weighted by atomic mass is 79.9. The van der Waals surface area contributed by atoms with Gasteiger partial charge in [0.15, 0.2) is 5.78 Å². The van der Waals surface area contributed by atoms with Gasteiger partial charge in [-0.05, 0) is 36.8 Å². The van der Waals surface area contributed by atoms with Crippen LogP contribution < -0.4 is 0 Å². The van der Waals surface area contributed by atoms with Gasteiger partial charge in [-0.25, -0.2) is 0 Å². The first kappa shape index (κ1) is 13.1. The van der Waals surface area contributed by atoms with Crippen LogP contribution in [0.15, 0.2) is 28.7 Å². The summed E-state index contributed by atoms with van der Waals surface area (Å²) >= 11 is 16.4. The Morgan fingerprint density at radius 3 is 2.53 bits per heavy atom. The van der Waals surface area contributed by atoms with Gasteiger partial charge in [-0.3, -0.25) is 4.79 Å². The van der Waals surface area contributed by atoms with Crippen molar-refractivity contribution in [2.45, 2.75) is 6.92 Å². The van der Waals surface area contributed by atoms with Gasteiger partial charge >= 0.3 is 0 Å². The Morgan fingerprint density at radius 2 is 2.00 bits per heavy atom. The lowest BCUT2D eigenvalue weighted by Gasteiger charge is -2.02. The zero-order valence-corrected chi connectivity index (χ0v) is 12.7. The fraction of sp³-hybridized carbons (Fsp3) is 0.0833. The number of halogens is 3. The number of hydrogen-bond donors (Lipinski definition) is 0. The second-order valence-corrected chi connectivity index (χ2v) is 6.67. The normalized spacial score (nSPS) is 10.6. The van der Waals surface area contributed by atoms with Gasteiger partial charge in [-0.2, -0.15) is 0 Å². The third kappa shape index (κ3) is 2.74. The SMILES string of the molecule is Cc1cc(C(=O)c2cc(Cl)sc2Cl)ccc1Br. The molecule has 0 aliphatic rings. The number of rotatable bonds is 2. The van der Waals surface area contributed by atoms with E-state index in [4.69, 9.17) is 23.2 Å². The molecule has 0 fully saturated rings. The second-order valence-electron chi connectivity index (χ2n) is 3.53. The predicted molar refractivity (Wildman–Crippen MR) is 76.7 cm³/mol. The van der Waals surface area contributed by atoms with Crippen LogP contribution in [0.25, 0.3) is 0 Å². The molecule has 1 aromatic carbocycles. The van der Waals surface area contributed by atoms with E-state index >= 15 is 0 Å². The van der Waals surface area contributed by atoms with Gasteiger partial charge in [0.25, 0.3) is 0 Å². The maximum Gasteiger partial charge on any atom is 0.195 e. The molecule has 0 saturated heterocycles. The van der Waals surface area contributed by atoms with Gasteiger partial charge in [0, 0.05) is 10.0 Å². The topological polar surface area (TPSA) is 17.1 Å². The number of aryl methyl sites for hydroxylation is 1. The molecule has 0 saturated carbocycles. The third-order valence-electron chi connectivity index (χ3n) is 2.32. The molecule has 2 rings (SSSR count). The van der Waals surface area contributed by atoms with Crippen LogP contribution in [0.3, 0.4) is 0 Å². The van der Waals surface area contributed by atoms with Crippen molar-refractivity contribution in [2.75, 3.05) is 0 Å². The Labute approximate surface area is 121 Å². The van der Waals surface area contributed by atoms with Gasteiger partial charge in [0.1, 0.15) is 4.34 Å². The molecule has 1 nitrogen and oxygen atoms in total. The number of benzene rings is 1. The minimum absolute atomic E-state index is 0.103.